The van der Waals surface area contributed by atoms with Gasteiger partial charge in [-0.3, -0.25) is 0 Å². The van der Waals surface area contributed by atoms with E-state index in [0.717, 1.165) is 9.75 Å². The van der Waals surface area contributed by atoms with Crippen LogP contribution in [0.5, 0.6) is 0 Å². The van der Waals surface area contributed by atoms with Crippen LogP contribution in [0.1, 0.15) is 27.9 Å². The highest BCUT2D eigenvalue weighted by atomic mass is 35.5. The Balaban J connectivity index is 2.27. The molecule has 0 bridgehead atoms. The molecule has 0 saturated carbocycles. The number of carbonyl (C=O) groups is 1. The molecule has 2 aromatic heterocycles. The SMILES string of the molecule is C/C=C/c1ccc(-c2c(C)c(C(=O)O)nn2-c2ccc(Cl)cc2Cl)s1. The first kappa shape index (κ1) is 17.7. The van der Waals surface area contributed by atoms with Crippen LogP contribution >= 0.6 is 34.5 Å². The first-order valence-corrected chi connectivity index (χ1v) is 9.01. The third kappa shape index (κ3) is 3.35. The molecule has 0 atom stereocenters. The molecule has 7 heteroatoms. The summed E-state index contributed by atoms with van der Waals surface area (Å²) in [6.07, 6.45) is 3.95. The van der Waals surface area contributed by atoms with Crippen LogP contribution in [0.2, 0.25) is 10.0 Å². The molecule has 0 amide bonds. The second-order valence-electron chi connectivity index (χ2n) is 5.34. The highest BCUT2D eigenvalue weighted by Gasteiger charge is 2.23. The van der Waals surface area contributed by atoms with Gasteiger partial charge in [0.05, 0.1) is 21.3 Å². The maximum Gasteiger partial charge on any atom is 0.356 e. The Hall–Kier alpha value is -2.08. The van der Waals surface area contributed by atoms with Crippen LogP contribution in [-0.2, 0) is 0 Å². The predicted octanol–water partition coefficient (Wildman–Crippen LogP) is 5.95. The fourth-order valence-corrected chi connectivity index (χ4v) is 4.10. The molecule has 0 spiro atoms. The minimum Gasteiger partial charge on any atom is -0.476 e. The third-order valence-electron chi connectivity index (χ3n) is 3.65. The van der Waals surface area contributed by atoms with E-state index in [1.54, 1.807) is 41.1 Å². The zero-order valence-corrected chi connectivity index (χ0v) is 15.8. The smallest absolute Gasteiger partial charge is 0.356 e. The average molecular weight is 393 g/mol. The van der Waals surface area contributed by atoms with E-state index >= 15 is 0 Å². The van der Waals surface area contributed by atoms with Crippen molar-refractivity contribution in [3.8, 4) is 16.3 Å². The molecule has 128 valence electrons. The summed E-state index contributed by atoms with van der Waals surface area (Å²) in [4.78, 5) is 13.5. The molecule has 0 aliphatic heterocycles. The number of hydrogen-bond donors (Lipinski definition) is 1. The van der Waals surface area contributed by atoms with Gasteiger partial charge in [-0.15, -0.1) is 11.3 Å². The zero-order chi connectivity index (χ0) is 18.1. The second-order valence-corrected chi connectivity index (χ2v) is 7.30. The Morgan fingerprint density at radius 2 is 2.04 bits per heavy atom. The van der Waals surface area contributed by atoms with Gasteiger partial charge in [0.2, 0.25) is 0 Å². The Morgan fingerprint density at radius 1 is 1.28 bits per heavy atom. The largest absolute Gasteiger partial charge is 0.476 e. The Kier molecular flexibility index (Phi) is 4.99. The van der Waals surface area contributed by atoms with Gasteiger partial charge in [0.15, 0.2) is 5.69 Å². The van der Waals surface area contributed by atoms with Gasteiger partial charge in [0, 0.05) is 15.5 Å². The fraction of sp³-hybridized carbons (Fsp3) is 0.111. The number of carboxylic acids is 1. The number of aromatic carboxylic acids is 1. The third-order valence-corrected chi connectivity index (χ3v) is 5.25. The average Bonchev–Trinajstić information content (AvgIpc) is 3.12. The number of hydrogen-bond acceptors (Lipinski definition) is 3. The lowest BCUT2D eigenvalue weighted by atomic mass is 10.1. The van der Waals surface area contributed by atoms with Crippen molar-refractivity contribution in [1.82, 2.24) is 9.78 Å². The number of nitrogens with zero attached hydrogens (tertiary/aromatic N) is 2. The number of aromatic nitrogens is 2. The molecule has 4 nitrogen and oxygen atoms in total. The molecule has 0 fully saturated rings. The first-order valence-electron chi connectivity index (χ1n) is 7.43. The normalized spacial score (nSPS) is 11.4. The van der Waals surface area contributed by atoms with Gasteiger partial charge in [-0.05, 0) is 50.3 Å². The number of carboxylic acid groups (broad SMARTS) is 1. The highest BCUT2D eigenvalue weighted by molar-refractivity contribution is 7.16. The van der Waals surface area contributed by atoms with Gasteiger partial charge in [0.25, 0.3) is 0 Å². The van der Waals surface area contributed by atoms with Crippen LogP contribution < -0.4 is 0 Å². The number of allylic oxidation sites excluding steroid dienone is 1. The molecule has 2 heterocycles. The monoisotopic (exact) mass is 392 g/mol. The Labute approximate surface area is 158 Å². The van der Waals surface area contributed by atoms with Crippen molar-refractivity contribution in [3.05, 3.63) is 62.6 Å². The van der Waals surface area contributed by atoms with Gasteiger partial charge in [-0.25, -0.2) is 9.48 Å². The van der Waals surface area contributed by atoms with Crippen LogP contribution in [0.3, 0.4) is 0 Å². The molecule has 0 radical (unpaired) electrons. The number of halogens is 2. The van der Waals surface area contributed by atoms with Crippen molar-refractivity contribution in [2.75, 3.05) is 0 Å². The summed E-state index contributed by atoms with van der Waals surface area (Å²) < 4.78 is 1.57. The van der Waals surface area contributed by atoms with E-state index in [9.17, 15) is 9.90 Å². The van der Waals surface area contributed by atoms with Gasteiger partial charge in [0.1, 0.15) is 0 Å². The molecule has 3 rings (SSSR count). The molecule has 3 aromatic rings. The standard InChI is InChI=1S/C18H14Cl2N2O2S/c1-3-4-12-6-8-15(25-12)17-10(2)16(18(23)24)21-22(17)14-7-5-11(19)9-13(14)20/h3-9H,1-2H3,(H,23,24)/b4-3+. The van der Waals surface area contributed by atoms with Crippen LogP contribution in [0.4, 0.5) is 0 Å². The minimum absolute atomic E-state index is 0.00185. The summed E-state index contributed by atoms with van der Waals surface area (Å²) in [5, 5.41) is 14.6. The van der Waals surface area contributed by atoms with Crippen LogP contribution in [-0.4, -0.2) is 20.9 Å². The Morgan fingerprint density at radius 3 is 2.68 bits per heavy atom. The summed E-state index contributed by atoms with van der Waals surface area (Å²) in [6, 6.07) is 8.98. The van der Waals surface area contributed by atoms with Crippen LogP contribution in [0.25, 0.3) is 22.3 Å². The van der Waals surface area contributed by atoms with Gasteiger partial charge in [-0.2, -0.15) is 5.10 Å². The van der Waals surface area contributed by atoms with Crippen molar-refractivity contribution in [2.24, 2.45) is 0 Å². The molecule has 1 N–H and O–H groups in total. The quantitative estimate of drug-likeness (QED) is 0.596. The van der Waals surface area contributed by atoms with Crippen molar-refractivity contribution in [1.29, 1.82) is 0 Å². The molecule has 0 unspecified atom stereocenters. The summed E-state index contributed by atoms with van der Waals surface area (Å²) in [6.45, 7) is 3.70. The first-order chi connectivity index (χ1) is 11.9. The van der Waals surface area contributed by atoms with Gasteiger partial charge in [-0.1, -0.05) is 29.3 Å². The van der Waals surface area contributed by atoms with Crippen molar-refractivity contribution >= 4 is 46.6 Å². The van der Waals surface area contributed by atoms with Crippen molar-refractivity contribution < 1.29 is 9.90 Å². The van der Waals surface area contributed by atoms with E-state index in [4.69, 9.17) is 23.2 Å². The van der Waals surface area contributed by atoms with E-state index in [2.05, 4.69) is 5.10 Å². The summed E-state index contributed by atoms with van der Waals surface area (Å²) in [7, 11) is 0. The summed E-state index contributed by atoms with van der Waals surface area (Å²) in [5.74, 6) is -1.08. The molecule has 1 aromatic carbocycles. The summed E-state index contributed by atoms with van der Waals surface area (Å²) in [5.41, 5.74) is 1.88. The lowest BCUT2D eigenvalue weighted by Gasteiger charge is -2.09. The topological polar surface area (TPSA) is 55.1 Å². The number of benzene rings is 1. The molecule has 0 aliphatic rings. The van der Waals surface area contributed by atoms with Crippen molar-refractivity contribution in [3.63, 3.8) is 0 Å². The summed E-state index contributed by atoms with van der Waals surface area (Å²) >= 11 is 13.8. The molecule has 25 heavy (non-hydrogen) atoms. The molecular formula is C18H14Cl2N2O2S. The van der Waals surface area contributed by atoms with Crippen LogP contribution in [0.15, 0.2) is 36.4 Å². The van der Waals surface area contributed by atoms with E-state index in [-0.39, 0.29) is 5.69 Å². The van der Waals surface area contributed by atoms with E-state index in [1.165, 1.54) is 0 Å². The maximum absolute atomic E-state index is 11.6. The van der Waals surface area contributed by atoms with Crippen molar-refractivity contribution in [2.45, 2.75) is 13.8 Å². The lowest BCUT2D eigenvalue weighted by molar-refractivity contribution is 0.0689. The van der Waals surface area contributed by atoms with Gasteiger partial charge >= 0.3 is 5.97 Å². The minimum atomic E-state index is -1.08. The molecule has 0 saturated heterocycles. The highest BCUT2D eigenvalue weighted by Crippen LogP contribution is 2.36. The number of thiophene rings is 1. The predicted molar refractivity (Wildman–Crippen MR) is 103 cm³/mol. The maximum atomic E-state index is 11.6. The fourth-order valence-electron chi connectivity index (χ4n) is 2.55. The Bertz CT molecular complexity index is 989. The zero-order valence-electron chi connectivity index (χ0n) is 13.5. The molecular weight excluding hydrogens is 379 g/mol. The lowest BCUT2D eigenvalue weighted by Crippen LogP contribution is -2.02. The van der Waals surface area contributed by atoms with Crippen LogP contribution in [0, 0.1) is 6.92 Å². The molecule has 0 aliphatic carbocycles. The van der Waals surface area contributed by atoms with E-state index < -0.39 is 5.97 Å². The second kappa shape index (κ2) is 7.04. The van der Waals surface area contributed by atoms with Gasteiger partial charge < -0.3 is 5.11 Å². The van der Waals surface area contributed by atoms with E-state index in [0.29, 0.717) is 27.0 Å². The van der Waals surface area contributed by atoms with E-state index in [1.807, 2.05) is 31.2 Å². The number of rotatable bonds is 4.